The molecular formula is C28H55NO9. The molecule has 0 fully saturated rings. The van der Waals surface area contributed by atoms with E-state index in [1.165, 1.54) is 7.05 Å². The molecule has 226 valence electrons. The summed E-state index contributed by atoms with van der Waals surface area (Å²) in [4.78, 5) is 57.4. The lowest BCUT2D eigenvalue weighted by Gasteiger charge is -2.35. The normalized spacial score (nSPS) is 11.4. The third-order valence-electron chi connectivity index (χ3n) is 4.91. The molecule has 0 aliphatic rings. The maximum atomic E-state index is 12.7. The van der Waals surface area contributed by atoms with Crippen molar-refractivity contribution < 1.29 is 43.3 Å². The van der Waals surface area contributed by atoms with Crippen LogP contribution in [0.15, 0.2) is 0 Å². The molecule has 10 heteroatoms. The Balaban J connectivity index is -0.000000444. The Hall–Kier alpha value is -2.65. The topological polar surface area (TPSA) is 137 Å². The number of carboxylic acid groups (broad SMARTS) is 1. The number of carbonyl (C=O) groups excluding carboxylic acids is 4. The van der Waals surface area contributed by atoms with Crippen molar-refractivity contribution >= 4 is 30.3 Å². The standard InChI is InChI=1S/C19H33NO7.C5H10O2.2C2H6/c1-8-18(3,4)11-19(5,6)10-15(22)20(7)14(9-16(23)24)17(25)27-12-26-13(2)21;1-5(2,3)7-4-6;2*1-2/h14H,8-12H2,1-7H3,(H,23,24);4H,1-3H3;2*1-2H3. The molecule has 1 N–H and O–H groups in total. The van der Waals surface area contributed by atoms with Crippen molar-refractivity contribution in [2.24, 2.45) is 10.8 Å². The van der Waals surface area contributed by atoms with E-state index in [-0.39, 0.29) is 28.8 Å². The van der Waals surface area contributed by atoms with Gasteiger partial charge in [0.05, 0.1) is 6.42 Å². The highest BCUT2D eigenvalue weighted by atomic mass is 16.7. The Kier molecular flexibility index (Phi) is 23.8. The molecule has 38 heavy (non-hydrogen) atoms. The third-order valence-corrected chi connectivity index (χ3v) is 4.91. The minimum Gasteiger partial charge on any atom is -0.481 e. The molecule has 0 aliphatic carbocycles. The summed E-state index contributed by atoms with van der Waals surface area (Å²) < 4.78 is 13.8. The lowest BCUT2D eigenvalue weighted by atomic mass is 9.72. The summed E-state index contributed by atoms with van der Waals surface area (Å²) in [7, 11) is 1.38. The molecule has 0 heterocycles. The number of likely N-dealkylation sites (N-methyl/N-ethyl adjacent to an activating group) is 1. The number of esters is 2. The molecule has 1 atom stereocenters. The SMILES string of the molecule is CC.CC.CC(C)(C)OC=O.CCC(C)(C)CC(C)(C)CC(=O)N(C)C(CC(=O)O)C(=O)OCOC(C)=O. The monoisotopic (exact) mass is 549 g/mol. The first-order chi connectivity index (χ1) is 17.3. The highest BCUT2D eigenvalue weighted by molar-refractivity contribution is 5.87. The zero-order chi connectivity index (χ0) is 31.3. The fourth-order valence-corrected chi connectivity index (χ4v) is 3.15. The summed E-state index contributed by atoms with van der Waals surface area (Å²) >= 11 is 0. The molecule has 0 radical (unpaired) electrons. The van der Waals surface area contributed by atoms with Gasteiger partial charge in [-0.05, 0) is 38.0 Å². The summed E-state index contributed by atoms with van der Waals surface area (Å²) in [6, 6.07) is -1.29. The van der Waals surface area contributed by atoms with E-state index in [0.717, 1.165) is 24.7 Å². The summed E-state index contributed by atoms with van der Waals surface area (Å²) in [5.41, 5.74) is -0.576. The summed E-state index contributed by atoms with van der Waals surface area (Å²) in [5, 5.41) is 9.06. The largest absolute Gasteiger partial charge is 0.481 e. The molecule has 10 nitrogen and oxygen atoms in total. The Bertz CT molecular complexity index is 695. The Morgan fingerprint density at radius 3 is 1.68 bits per heavy atom. The lowest BCUT2D eigenvalue weighted by Crippen LogP contribution is -2.46. The second-order valence-corrected chi connectivity index (χ2v) is 10.7. The Morgan fingerprint density at radius 1 is 0.895 bits per heavy atom. The zero-order valence-electron chi connectivity index (χ0n) is 26.4. The number of rotatable bonds is 12. The van der Waals surface area contributed by atoms with Crippen LogP contribution in [-0.2, 0) is 38.2 Å². The van der Waals surface area contributed by atoms with E-state index in [4.69, 9.17) is 9.84 Å². The first-order valence-corrected chi connectivity index (χ1v) is 13.2. The van der Waals surface area contributed by atoms with Gasteiger partial charge in [-0.25, -0.2) is 4.79 Å². The average Bonchev–Trinajstić information content (AvgIpc) is 2.77. The van der Waals surface area contributed by atoms with Crippen LogP contribution in [0.1, 0.15) is 116 Å². The first kappa shape index (κ1) is 42.4. The van der Waals surface area contributed by atoms with Gasteiger partial charge in [-0.15, -0.1) is 0 Å². The molecule has 0 aromatic rings. The van der Waals surface area contributed by atoms with E-state index in [1.54, 1.807) is 0 Å². The third kappa shape index (κ3) is 25.0. The van der Waals surface area contributed by atoms with Crippen molar-refractivity contribution in [1.82, 2.24) is 4.90 Å². The van der Waals surface area contributed by atoms with Gasteiger partial charge in [-0.2, -0.15) is 0 Å². The molecule has 1 amide bonds. The molecule has 0 bridgehead atoms. The molecule has 0 spiro atoms. The van der Waals surface area contributed by atoms with Crippen LogP contribution in [-0.4, -0.2) is 65.8 Å². The van der Waals surface area contributed by atoms with Crippen LogP contribution in [0.3, 0.4) is 0 Å². The van der Waals surface area contributed by atoms with Gasteiger partial charge >= 0.3 is 17.9 Å². The molecule has 1 unspecified atom stereocenters. The Labute approximate surface area is 230 Å². The van der Waals surface area contributed by atoms with Crippen LogP contribution in [0.25, 0.3) is 0 Å². The van der Waals surface area contributed by atoms with Crippen molar-refractivity contribution in [3.05, 3.63) is 0 Å². The summed E-state index contributed by atoms with van der Waals surface area (Å²) in [6.45, 7) is 24.7. The highest BCUT2D eigenvalue weighted by Gasteiger charge is 2.35. The smallest absolute Gasteiger partial charge is 0.332 e. The first-order valence-electron chi connectivity index (χ1n) is 13.2. The fourth-order valence-electron chi connectivity index (χ4n) is 3.15. The van der Waals surface area contributed by atoms with Gasteiger partial charge in [-0.1, -0.05) is 68.7 Å². The number of carbonyl (C=O) groups is 5. The molecule has 0 saturated heterocycles. The number of hydrogen-bond donors (Lipinski definition) is 1. The molecule has 0 rings (SSSR count). The van der Waals surface area contributed by atoms with Crippen LogP contribution >= 0.6 is 0 Å². The van der Waals surface area contributed by atoms with E-state index in [9.17, 15) is 24.0 Å². The Morgan fingerprint density at radius 2 is 1.37 bits per heavy atom. The minimum atomic E-state index is -1.29. The molecule has 0 aromatic heterocycles. The molecule has 0 aliphatic heterocycles. The lowest BCUT2D eigenvalue weighted by molar-refractivity contribution is -0.173. The summed E-state index contributed by atoms with van der Waals surface area (Å²) in [6.07, 6.45) is 1.34. The van der Waals surface area contributed by atoms with Crippen molar-refractivity contribution in [2.75, 3.05) is 13.8 Å². The second kappa shape index (κ2) is 21.3. The molecular weight excluding hydrogens is 494 g/mol. The van der Waals surface area contributed by atoms with Gasteiger partial charge in [-0.3, -0.25) is 19.2 Å². The fraction of sp³-hybridized carbons (Fsp3) is 0.821. The highest BCUT2D eigenvalue weighted by Crippen LogP contribution is 2.38. The van der Waals surface area contributed by atoms with Crippen LogP contribution < -0.4 is 0 Å². The summed E-state index contributed by atoms with van der Waals surface area (Å²) in [5.74, 6) is -3.15. The maximum absolute atomic E-state index is 12.7. The maximum Gasteiger partial charge on any atom is 0.332 e. The van der Waals surface area contributed by atoms with Gasteiger partial charge in [0, 0.05) is 20.4 Å². The van der Waals surface area contributed by atoms with Gasteiger partial charge < -0.3 is 24.2 Å². The van der Waals surface area contributed by atoms with Gasteiger partial charge in [0.25, 0.3) is 6.47 Å². The van der Waals surface area contributed by atoms with Crippen molar-refractivity contribution in [3.8, 4) is 0 Å². The predicted octanol–water partition coefficient (Wildman–Crippen LogP) is 5.60. The van der Waals surface area contributed by atoms with Gasteiger partial charge in [0.1, 0.15) is 11.6 Å². The van der Waals surface area contributed by atoms with Gasteiger partial charge in [0.2, 0.25) is 12.7 Å². The number of amides is 1. The van der Waals surface area contributed by atoms with E-state index >= 15 is 0 Å². The number of ether oxygens (including phenoxy) is 3. The van der Waals surface area contributed by atoms with Crippen molar-refractivity contribution in [2.45, 2.75) is 127 Å². The van der Waals surface area contributed by atoms with E-state index in [0.29, 0.717) is 6.47 Å². The number of nitrogens with zero attached hydrogens (tertiary/aromatic N) is 1. The van der Waals surface area contributed by atoms with E-state index in [1.807, 2.05) is 62.3 Å². The van der Waals surface area contributed by atoms with Crippen LogP contribution in [0.2, 0.25) is 0 Å². The minimum absolute atomic E-state index is 0.0613. The van der Waals surface area contributed by atoms with Crippen LogP contribution in [0.4, 0.5) is 0 Å². The van der Waals surface area contributed by atoms with Crippen molar-refractivity contribution in [3.63, 3.8) is 0 Å². The molecule has 0 saturated carbocycles. The predicted molar refractivity (Wildman–Crippen MR) is 148 cm³/mol. The quantitative estimate of drug-likeness (QED) is 0.187. The van der Waals surface area contributed by atoms with Crippen molar-refractivity contribution in [1.29, 1.82) is 0 Å². The van der Waals surface area contributed by atoms with Crippen LogP contribution in [0, 0.1) is 10.8 Å². The van der Waals surface area contributed by atoms with Crippen LogP contribution in [0.5, 0.6) is 0 Å². The second-order valence-electron chi connectivity index (χ2n) is 10.7. The average molecular weight is 550 g/mol. The number of carboxylic acids is 1. The number of aliphatic carboxylic acids is 1. The van der Waals surface area contributed by atoms with E-state index in [2.05, 4.69) is 30.2 Å². The molecule has 0 aromatic carbocycles. The van der Waals surface area contributed by atoms with Gasteiger partial charge in [0.15, 0.2) is 0 Å². The van der Waals surface area contributed by atoms with E-state index < -0.39 is 37.2 Å². The number of hydrogen-bond acceptors (Lipinski definition) is 8. The zero-order valence-corrected chi connectivity index (χ0v) is 26.4.